The predicted octanol–water partition coefficient (Wildman–Crippen LogP) is 1.56. The average molecular weight is 220 g/mol. The van der Waals surface area contributed by atoms with Crippen LogP contribution in [-0.2, 0) is 0 Å². The molecule has 1 fully saturated rings. The van der Waals surface area contributed by atoms with Crippen molar-refractivity contribution < 1.29 is 0 Å². The minimum Gasteiger partial charge on any atom is -0.396 e. The Kier molecular flexibility index (Phi) is 3.29. The number of nitrogen functional groups attached to an aromatic ring is 1. The van der Waals surface area contributed by atoms with Crippen LogP contribution in [0.3, 0.4) is 0 Å². The van der Waals surface area contributed by atoms with Gasteiger partial charge in [-0.2, -0.15) is 0 Å². The first-order chi connectivity index (χ1) is 7.66. The molecule has 0 aromatic carbocycles. The Balaban J connectivity index is 1.98. The quantitative estimate of drug-likeness (QED) is 0.794. The number of pyridine rings is 1. The molecule has 16 heavy (non-hydrogen) atoms. The number of nitrogens with zero attached hydrogens (tertiary/aromatic N) is 2. The molecule has 1 saturated heterocycles. The van der Waals surface area contributed by atoms with Gasteiger partial charge in [-0.15, -0.1) is 0 Å². The molecule has 2 unspecified atom stereocenters. The van der Waals surface area contributed by atoms with Crippen LogP contribution in [0.5, 0.6) is 0 Å². The molecular formula is C12H20N4. The van der Waals surface area contributed by atoms with Gasteiger partial charge in [0.15, 0.2) is 0 Å². The lowest BCUT2D eigenvalue weighted by molar-refractivity contribution is 0.190. The summed E-state index contributed by atoms with van der Waals surface area (Å²) in [5, 5.41) is 3.44. The van der Waals surface area contributed by atoms with Gasteiger partial charge >= 0.3 is 0 Å². The molecule has 1 aromatic heterocycles. The second kappa shape index (κ2) is 4.70. The van der Waals surface area contributed by atoms with Gasteiger partial charge in [0.25, 0.3) is 0 Å². The van der Waals surface area contributed by atoms with E-state index < -0.39 is 0 Å². The Morgan fingerprint density at radius 3 is 3.06 bits per heavy atom. The highest BCUT2D eigenvalue weighted by molar-refractivity contribution is 5.60. The Morgan fingerprint density at radius 2 is 2.38 bits per heavy atom. The van der Waals surface area contributed by atoms with E-state index in [0.29, 0.717) is 12.1 Å². The summed E-state index contributed by atoms with van der Waals surface area (Å²) in [6.45, 7) is 3.39. The lowest BCUT2D eigenvalue weighted by atomic mass is 9.99. The van der Waals surface area contributed by atoms with Crippen LogP contribution in [0.4, 0.5) is 11.5 Å². The minimum absolute atomic E-state index is 0.489. The second-order valence-electron chi connectivity index (χ2n) is 4.64. The fraction of sp³-hybridized carbons (Fsp3) is 0.583. The topological polar surface area (TPSA) is 54.2 Å². The number of hydrogen-bond donors (Lipinski definition) is 2. The molecule has 0 saturated carbocycles. The zero-order valence-electron chi connectivity index (χ0n) is 9.98. The number of nitrogens with two attached hydrogens (primary N) is 1. The molecule has 1 aromatic rings. The van der Waals surface area contributed by atoms with E-state index in [1.54, 1.807) is 6.20 Å². The minimum atomic E-state index is 0.489. The summed E-state index contributed by atoms with van der Waals surface area (Å²) in [4.78, 5) is 6.66. The van der Waals surface area contributed by atoms with Gasteiger partial charge in [-0.25, -0.2) is 4.98 Å². The first-order valence-corrected chi connectivity index (χ1v) is 5.84. The van der Waals surface area contributed by atoms with E-state index in [0.717, 1.165) is 30.9 Å². The van der Waals surface area contributed by atoms with Crippen LogP contribution in [0.15, 0.2) is 18.3 Å². The molecule has 4 heteroatoms. The van der Waals surface area contributed by atoms with Crippen molar-refractivity contribution in [1.82, 2.24) is 9.88 Å². The number of anilines is 2. The van der Waals surface area contributed by atoms with E-state index in [4.69, 9.17) is 5.73 Å². The predicted molar refractivity (Wildman–Crippen MR) is 67.4 cm³/mol. The Bertz CT molecular complexity index is 353. The SMILES string of the molecule is CC1CC(Nc2ncccc2N)CCN1C. The van der Waals surface area contributed by atoms with Gasteiger partial charge in [0.05, 0.1) is 5.69 Å². The van der Waals surface area contributed by atoms with E-state index in [1.165, 1.54) is 0 Å². The van der Waals surface area contributed by atoms with Crippen molar-refractivity contribution >= 4 is 11.5 Å². The van der Waals surface area contributed by atoms with Crippen molar-refractivity contribution in [2.75, 3.05) is 24.6 Å². The maximum absolute atomic E-state index is 5.86. The van der Waals surface area contributed by atoms with Gasteiger partial charge in [-0.1, -0.05) is 0 Å². The fourth-order valence-electron chi connectivity index (χ4n) is 2.15. The van der Waals surface area contributed by atoms with Crippen molar-refractivity contribution in [2.45, 2.75) is 31.8 Å². The standard InChI is InChI=1S/C12H20N4/c1-9-8-10(5-7-16(9)2)15-12-11(13)4-3-6-14-12/h3-4,6,9-10H,5,7-8,13H2,1-2H3,(H,14,15). The highest BCUT2D eigenvalue weighted by Crippen LogP contribution is 2.21. The lowest BCUT2D eigenvalue weighted by Gasteiger charge is -2.35. The van der Waals surface area contributed by atoms with Gasteiger partial charge in [-0.3, -0.25) is 0 Å². The van der Waals surface area contributed by atoms with Crippen molar-refractivity contribution in [3.63, 3.8) is 0 Å². The molecule has 0 radical (unpaired) electrons. The van der Waals surface area contributed by atoms with Crippen LogP contribution in [-0.4, -0.2) is 35.6 Å². The van der Waals surface area contributed by atoms with Gasteiger partial charge < -0.3 is 16.0 Å². The molecule has 3 N–H and O–H groups in total. The molecule has 4 nitrogen and oxygen atoms in total. The summed E-state index contributed by atoms with van der Waals surface area (Å²) in [7, 11) is 2.18. The van der Waals surface area contributed by atoms with Gasteiger partial charge in [0.1, 0.15) is 5.82 Å². The Morgan fingerprint density at radius 1 is 1.56 bits per heavy atom. The van der Waals surface area contributed by atoms with Crippen LogP contribution in [0.25, 0.3) is 0 Å². The summed E-state index contributed by atoms with van der Waals surface area (Å²) in [5.41, 5.74) is 6.59. The van der Waals surface area contributed by atoms with Crippen LogP contribution >= 0.6 is 0 Å². The molecule has 0 aliphatic carbocycles. The second-order valence-corrected chi connectivity index (χ2v) is 4.64. The highest BCUT2D eigenvalue weighted by Gasteiger charge is 2.23. The number of aromatic nitrogens is 1. The third kappa shape index (κ3) is 2.44. The van der Waals surface area contributed by atoms with E-state index in [-0.39, 0.29) is 0 Å². The summed E-state index contributed by atoms with van der Waals surface area (Å²) >= 11 is 0. The largest absolute Gasteiger partial charge is 0.396 e. The maximum atomic E-state index is 5.86. The summed E-state index contributed by atoms with van der Waals surface area (Å²) in [5.74, 6) is 0.823. The van der Waals surface area contributed by atoms with Gasteiger partial charge in [-0.05, 0) is 38.9 Å². The molecular weight excluding hydrogens is 200 g/mol. The normalized spacial score (nSPS) is 26.6. The summed E-state index contributed by atoms with van der Waals surface area (Å²) in [6.07, 6.45) is 4.07. The van der Waals surface area contributed by atoms with Crippen LogP contribution in [0, 0.1) is 0 Å². The van der Waals surface area contributed by atoms with Crippen molar-refractivity contribution in [3.8, 4) is 0 Å². The van der Waals surface area contributed by atoms with Crippen molar-refractivity contribution in [2.24, 2.45) is 0 Å². The summed E-state index contributed by atoms with van der Waals surface area (Å²) < 4.78 is 0. The number of hydrogen-bond acceptors (Lipinski definition) is 4. The molecule has 1 aliphatic rings. The molecule has 2 atom stereocenters. The Labute approximate surface area is 96.8 Å². The monoisotopic (exact) mass is 220 g/mol. The fourth-order valence-corrected chi connectivity index (χ4v) is 2.15. The van der Waals surface area contributed by atoms with E-state index >= 15 is 0 Å². The van der Waals surface area contributed by atoms with Gasteiger partial charge in [0, 0.05) is 24.8 Å². The molecule has 0 spiro atoms. The van der Waals surface area contributed by atoms with E-state index in [9.17, 15) is 0 Å². The summed E-state index contributed by atoms with van der Waals surface area (Å²) in [6, 6.07) is 4.85. The zero-order chi connectivity index (χ0) is 11.5. The van der Waals surface area contributed by atoms with Crippen LogP contribution in [0.2, 0.25) is 0 Å². The third-order valence-electron chi connectivity index (χ3n) is 3.39. The van der Waals surface area contributed by atoms with Crippen molar-refractivity contribution in [1.29, 1.82) is 0 Å². The molecule has 1 aliphatic heterocycles. The lowest BCUT2D eigenvalue weighted by Crippen LogP contribution is -2.42. The molecule has 0 bridgehead atoms. The molecule has 0 amide bonds. The highest BCUT2D eigenvalue weighted by atomic mass is 15.2. The van der Waals surface area contributed by atoms with Crippen LogP contribution < -0.4 is 11.1 Å². The number of rotatable bonds is 2. The first kappa shape index (κ1) is 11.2. The molecule has 2 rings (SSSR count). The number of likely N-dealkylation sites (tertiary alicyclic amines) is 1. The van der Waals surface area contributed by atoms with E-state index in [1.807, 2.05) is 12.1 Å². The smallest absolute Gasteiger partial charge is 0.149 e. The van der Waals surface area contributed by atoms with E-state index in [2.05, 4.69) is 29.2 Å². The molecule has 2 heterocycles. The van der Waals surface area contributed by atoms with Crippen molar-refractivity contribution in [3.05, 3.63) is 18.3 Å². The third-order valence-corrected chi connectivity index (χ3v) is 3.39. The number of piperidine rings is 1. The maximum Gasteiger partial charge on any atom is 0.149 e. The first-order valence-electron chi connectivity index (χ1n) is 5.84. The molecule has 88 valence electrons. The zero-order valence-corrected chi connectivity index (χ0v) is 9.98. The number of nitrogens with one attached hydrogen (secondary N) is 1. The Hall–Kier alpha value is -1.29. The van der Waals surface area contributed by atoms with Crippen LogP contribution in [0.1, 0.15) is 19.8 Å². The van der Waals surface area contributed by atoms with Gasteiger partial charge in [0.2, 0.25) is 0 Å². The average Bonchev–Trinajstić information content (AvgIpc) is 2.27.